The molecule has 3 amide bonds. The zero-order valence-corrected chi connectivity index (χ0v) is 21.4. The zero-order valence-electron chi connectivity index (χ0n) is 19.8. The Kier molecular flexibility index (Phi) is 8.78. The molecule has 0 spiro atoms. The summed E-state index contributed by atoms with van der Waals surface area (Å²) in [6, 6.07) is 9.43. The lowest BCUT2D eigenvalue weighted by atomic mass is 10.1. The number of aromatic nitrogens is 1. The third-order valence-corrected chi connectivity index (χ3v) is 6.94. The van der Waals surface area contributed by atoms with Crippen LogP contribution in [0.5, 0.6) is 0 Å². The molecule has 1 aliphatic rings. The maximum atomic E-state index is 13.0. The molecule has 9 nitrogen and oxygen atoms in total. The van der Waals surface area contributed by atoms with E-state index in [1.165, 1.54) is 23.1 Å². The summed E-state index contributed by atoms with van der Waals surface area (Å²) in [5.41, 5.74) is 0.268. The minimum Gasteiger partial charge on any atom is -0.445 e. The molecule has 0 saturated carbocycles. The van der Waals surface area contributed by atoms with E-state index in [9.17, 15) is 14.4 Å². The Morgan fingerprint density at radius 2 is 1.85 bits per heavy atom. The Hall–Kier alpha value is -2.79. The van der Waals surface area contributed by atoms with E-state index in [1.807, 2.05) is 36.6 Å². The standard InChI is InChI=1S/C23H30N4O5S2/c1-23(2,3)32-20(29)25-18-17(34-21(26-18)33-4)19(28)24-16-10-12-27(13-11-16)22(30)31-14-15-8-6-5-7-9-15/h5-9,16H,10-14H2,1-4H3,(H,24,28)(H,25,29). The second-order valence-corrected chi connectivity index (χ2v) is 10.8. The van der Waals surface area contributed by atoms with Gasteiger partial charge in [0.2, 0.25) is 0 Å². The van der Waals surface area contributed by atoms with Crippen molar-refractivity contribution in [3.8, 4) is 0 Å². The van der Waals surface area contributed by atoms with Crippen molar-refractivity contribution in [3.05, 3.63) is 40.8 Å². The van der Waals surface area contributed by atoms with Gasteiger partial charge in [-0.3, -0.25) is 10.1 Å². The number of ether oxygens (including phenoxy) is 2. The summed E-state index contributed by atoms with van der Waals surface area (Å²) in [4.78, 5) is 43.8. The van der Waals surface area contributed by atoms with Crippen LogP contribution >= 0.6 is 23.1 Å². The molecule has 0 unspecified atom stereocenters. The molecule has 184 valence electrons. The minimum absolute atomic E-state index is 0.0973. The molecule has 2 aromatic rings. The molecule has 2 heterocycles. The van der Waals surface area contributed by atoms with E-state index in [1.54, 1.807) is 25.7 Å². The van der Waals surface area contributed by atoms with Gasteiger partial charge in [0, 0.05) is 19.1 Å². The van der Waals surface area contributed by atoms with Crippen molar-refractivity contribution in [2.45, 2.75) is 56.2 Å². The Morgan fingerprint density at radius 1 is 1.18 bits per heavy atom. The second-order valence-electron chi connectivity index (χ2n) is 8.76. The van der Waals surface area contributed by atoms with Gasteiger partial charge in [-0.25, -0.2) is 14.6 Å². The van der Waals surface area contributed by atoms with Gasteiger partial charge < -0.3 is 19.7 Å². The van der Waals surface area contributed by atoms with Crippen LogP contribution in [0.15, 0.2) is 34.7 Å². The van der Waals surface area contributed by atoms with Gasteiger partial charge >= 0.3 is 12.2 Å². The maximum Gasteiger partial charge on any atom is 0.413 e. The largest absolute Gasteiger partial charge is 0.445 e. The van der Waals surface area contributed by atoms with E-state index in [0.29, 0.717) is 35.1 Å². The molecule has 11 heteroatoms. The average Bonchev–Trinajstić information content (AvgIpc) is 3.20. The van der Waals surface area contributed by atoms with Gasteiger partial charge in [-0.05, 0) is 45.4 Å². The molecular weight excluding hydrogens is 476 g/mol. The number of thioether (sulfide) groups is 1. The predicted octanol–water partition coefficient (Wildman–Crippen LogP) is 4.74. The average molecular weight is 507 g/mol. The van der Waals surface area contributed by atoms with Gasteiger partial charge in [-0.1, -0.05) is 42.1 Å². The molecule has 1 aromatic heterocycles. The van der Waals surface area contributed by atoms with Gasteiger partial charge in [0.15, 0.2) is 10.2 Å². The first-order chi connectivity index (χ1) is 16.1. The number of hydrogen-bond acceptors (Lipinski definition) is 8. The zero-order chi connectivity index (χ0) is 24.7. The summed E-state index contributed by atoms with van der Waals surface area (Å²) in [5, 5.41) is 5.59. The van der Waals surface area contributed by atoms with Gasteiger partial charge in [0.1, 0.15) is 17.1 Å². The summed E-state index contributed by atoms with van der Waals surface area (Å²) in [6.45, 7) is 6.49. The molecule has 1 aliphatic heterocycles. The quantitative estimate of drug-likeness (QED) is 0.545. The fourth-order valence-corrected chi connectivity index (χ4v) is 4.72. The van der Waals surface area contributed by atoms with Gasteiger partial charge in [-0.2, -0.15) is 0 Å². The highest BCUT2D eigenvalue weighted by Gasteiger charge is 2.28. The Bertz CT molecular complexity index is 999. The van der Waals surface area contributed by atoms with Gasteiger partial charge in [-0.15, -0.1) is 11.3 Å². The van der Waals surface area contributed by atoms with E-state index < -0.39 is 11.7 Å². The summed E-state index contributed by atoms with van der Waals surface area (Å²) in [5.74, 6) is -0.128. The highest BCUT2D eigenvalue weighted by atomic mass is 32.2. The molecule has 2 N–H and O–H groups in total. The van der Waals surface area contributed by atoms with Crippen LogP contribution in [0.3, 0.4) is 0 Å². The van der Waals surface area contributed by atoms with E-state index in [0.717, 1.165) is 5.56 Å². The van der Waals surface area contributed by atoms with Crippen molar-refractivity contribution >= 4 is 47.0 Å². The summed E-state index contributed by atoms with van der Waals surface area (Å²) < 4.78 is 11.3. The number of thiazole rings is 1. The molecule has 1 aromatic carbocycles. The third kappa shape index (κ3) is 7.63. The van der Waals surface area contributed by atoms with Crippen molar-refractivity contribution in [2.24, 2.45) is 0 Å². The Balaban J connectivity index is 1.52. The van der Waals surface area contributed by atoms with Crippen molar-refractivity contribution < 1.29 is 23.9 Å². The smallest absolute Gasteiger partial charge is 0.413 e. The predicted molar refractivity (Wildman–Crippen MR) is 132 cm³/mol. The first kappa shape index (κ1) is 25.8. The lowest BCUT2D eigenvalue weighted by molar-refractivity contribution is 0.0635. The number of anilines is 1. The summed E-state index contributed by atoms with van der Waals surface area (Å²) in [6.07, 6.45) is 2.04. The van der Waals surface area contributed by atoms with Crippen LogP contribution in [-0.4, -0.2) is 59.0 Å². The van der Waals surface area contributed by atoms with Crippen molar-refractivity contribution in [1.82, 2.24) is 15.2 Å². The molecule has 0 aliphatic carbocycles. The van der Waals surface area contributed by atoms with Gasteiger partial charge in [0.05, 0.1) is 0 Å². The number of amides is 3. The maximum absolute atomic E-state index is 13.0. The number of carbonyl (C=O) groups is 3. The summed E-state index contributed by atoms with van der Waals surface area (Å²) >= 11 is 2.60. The van der Waals surface area contributed by atoms with E-state index >= 15 is 0 Å². The number of hydrogen-bond donors (Lipinski definition) is 2. The number of nitrogens with one attached hydrogen (secondary N) is 2. The lowest BCUT2D eigenvalue weighted by Crippen LogP contribution is -2.46. The van der Waals surface area contributed by atoms with Gasteiger partial charge in [0.25, 0.3) is 5.91 Å². The first-order valence-corrected chi connectivity index (χ1v) is 13.0. The second kappa shape index (κ2) is 11.6. The molecule has 3 rings (SSSR count). The van der Waals surface area contributed by atoms with Crippen LogP contribution in [0, 0.1) is 0 Å². The first-order valence-electron chi connectivity index (χ1n) is 11.0. The van der Waals surface area contributed by atoms with E-state index in [4.69, 9.17) is 9.47 Å². The SMILES string of the molecule is CSc1nc(NC(=O)OC(C)(C)C)c(C(=O)NC2CCN(C(=O)OCc3ccccc3)CC2)s1. The fourth-order valence-electron chi connectivity index (χ4n) is 3.29. The number of piperidine rings is 1. The van der Waals surface area contributed by atoms with Crippen molar-refractivity contribution in [3.63, 3.8) is 0 Å². The monoisotopic (exact) mass is 506 g/mol. The van der Waals surface area contributed by atoms with Crippen molar-refractivity contribution in [2.75, 3.05) is 24.7 Å². The van der Waals surface area contributed by atoms with Crippen LogP contribution in [-0.2, 0) is 16.1 Å². The molecular formula is C23H30N4O5S2. The van der Waals surface area contributed by atoms with Crippen LogP contribution in [0.25, 0.3) is 0 Å². The number of carbonyl (C=O) groups excluding carboxylic acids is 3. The Morgan fingerprint density at radius 3 is 2.47 bits per heavy atom. The normalized spacial score (nSPS) is 14.4. The van der Waals surface area contributed by atoms with Crippen LogP contribution < -0.4 is 10.6 Å². The molecule has 1 fully saturated rings. The van der Waals surface area contributed by atoms with E-state index in [-0.39, 0.29) is 30.5 Å². The topological polar surface area (TPSA) is 110 Å². The molecule has 0 radical (unpaired) electrons. The van der Waals surface area contributed by atoms with Crippen molar-refractivity contribution in [1.29, 1.82) is 0 Å². The fraction of sp³-hybridized carbons (Fsp3) is 0.478. The van der Waals surface area contributed by atoms with Crippen LogP contribution in [0.1, 0.15) is 48.8 Å². The molecule has 1 saturated heterocycles. The minimum atomic E-state index is -0.666. The highest BCUT2D eigenvalue weighted by molar-refractivity contribution is 8.00. The molecule has 0 bridgehead atoms. The third-order valence-electron chi connectivity index (χ3n) is 4.90. The Labute approximate surface area is 207 Å². The molecule has 34 heavy (non-hydrogen) atoms. The van der Waals surface area contributed by atoms with Crippen LogP contribution in [0.2, 0.25) is 0 Å². The highest BCUT2D eigenvalue weighted by Crippen LogP contribution is 2.30. The number of nitrogens with zero attached hydrogens (tertiary/aromatic N) is 2. The number of rotatable bonds is 6. The summed E-state index contributed by atoms with van der Waals surface area (Å²) in [7, 11) is 0. The number of benzene rings is 1. The van der Waals surface area contributed by atoms with E-state index in [2.05, 4.69) is 15.6 Å². The van der Waals surface area contributed by atoms with Crippen LogP contribution in [0.4, 0.5) is 15.4 Å². The lowest BCUT2D eigenvalue weighted by Gasteiger charge is -2.31. The number of likely N-dealkylation sites (tertiary alicyclic amines) is 1. The molecule has 0 atom stereocenters.